The van der Waals surface area contributed by atoms with Crippen LogP contribution >= 0.6 is 0 Å². The molecule has 6 heteroatoms. The van der Waals surface area contributed by atoms with Gasteiger partial charge >= 0.3 is 0 Å². The summed E-state index contributed by atoms with van der Waals surface area (Å²) in [5.41, 5.74) is 2.46. The first-order chi connectivity index (χ1) is 13.2. The van der Waals surface area contributed by atoms with Crippen LogP contribution in [0.3, 0.4) is 0 Å². The van der Waals surface area contributed by atoms with Crippen LogP contribution in [0, 0.1) is 11.3 Å². The molecule has 0 bridgehead atoms. The van der Waals surface area contributed by atoms with Crippen molar-refractivity contribution >= 4 is 17.6 Å². The quantitative estimate of drug-likeness (QED) is 0.565. The molecular weight excluding hydrogens is 340 g/mol. The molecule has 2 aliphatic heterocycles. The molecule has 4 atom stereocenters. The van der Waals surface area contributed by atoms with Crippen molar-refractivity contribution in [1.29, 1.82) is 0 Å². The van der Waals surface area contributed by atoms with Gasteiger partial charge in [-0.1, -0.05) is 24.6 Å². The van der Waals surface area contributed by atoms with Crippen LogP contribution in [-0.4, -0.2) is 44.2 Å². The van der Waals surface area contributed by atoms with E-state index in [-0.39, 0.29) is 11.8 Å². The Morgan fingerprint density at radius 2 is 2.22 bits per heavy atom. The van der Waals surface area contributed by atoms with Crippen LogP contribution in [-0.2, 0) is 9.53 Å². The summed E-state index contributed by atoms with van der Waals surface area (Å²) >= 11 is 0. The summed E-state index contributed by atoms with van der Waals surface area (Å²) in [6.45, 7) is 1.60. The maximum Gasteiger partial charge on any atom is 0.225 e. The molecule has 2 saturated carbocycles. The highest BCUT2D eigenvalue weighted by Crippen LogP contribution is 2.62. The highest BCUT2D eigenvalue weighted by molar-refractivity contribution is 5.94. The van der Waals surface area contributed by atoms with Crippen LogP contribution in [0.1, 0.15) is 43.6 Å². The van der Waals surface area contributed by atoms with E-state index in [0.717, 1.165) is 24.7 Å². The average molecular weight is 368 g/mol. The van der Waals surface area contributed by atoms with Gasteiger partial charge in [-0.15, -0.1) is 0 Å². The second-order valence-corrected chi connectivity index (χ2v) is 8.44. The summed E-state index contributed by atoms with van der Waals surface area (Å²) in [4.78, 5) is 16.5. The first-order valence-corrected chi connectivity index (χ1v) is 10.2. The van der Waals surface area contributed by atoms with Gasteiger partial charge < -0.3 is 20.7 Å². The normalized spacial score (nSPS) is 33.4. The largest absolute Gasteiger partial charge is 0.377 e. The van der Waals surface area contributed by atoms with Crippen LogP contribution < -0.4 is 16.0 Å². The van der Waals surface area contributed by atoms with Gasteiger partial charge in [0.1, 0.15) is 0 Å². The minimum absolute atomic E-state index is 0.0850. The third kappa shape index (κ3) is 2.64. The fourth-order valence-corrected chi connectivity index (χ4v) is 5.70. The summed E-state index contributed by atoms with van der Waals surface area (Å²) in [6.07, 6.45) is 5.95. The monoisotopic (exact) mass is 368 g/mol. The van der Waals surface area contributed by atoms with Gasteiger partial charge in [-0.2, -0.15) is 0 Å². The van der Waals surface area contributed by atoms with E-state index in [2.05, 4.69) is 27.0 Å². The molecule has 3 N–H and O–H groups in total. The number of fused-ring (bicyclic) bond motifs is 3. The van der Waals surface area contributed by atoms with E-state index in [4.69, 9.17) is 4.74 Å². The molecule has 2 aliphatic carbocycles. The number of aliphatic imine (C=N–C) groups is 1. The number of hydrogen-bond acceptors (Lipinski definition) is 3. The molecule has 27 heavy (non-hydrogen) atoms. The number of amides is 1. The van der Waals surface area contributed by atoms with E-state index in [0.29, 0.717) is 36.4 Å². The molecule has 1 aromatic rings. The third-order valence-corrected chi connectivity index (χ3v) is 7.17. The molecule has 144 valence electrons. The molecule has 1 amide bonds. The maximum absolute atomic E-state index is 12.0. The molecule has 1 saturated heterocycles. The fraction of sp³-hybridized carbons (Fsp3) is 0.619. The summed E-state index contributed by atoms with van der Waals surface area (Å²) in [5.74, 6) is 1.71. The highest BCUT2D eigenvalue weighted by atomic mass is 16.5. The average Bonchev–Trinajstić information content (AvgIpc) is 3.05. The lowest BCUT2D eigenvalue weighted by Crippen LogP contribution is -2.72. The molecule has 0 radical (unpaired) electrons. The SMILES string of the molecule is CN=C(NCC1CC(=O)Nc2ccccc21)NC1C2CCOC2C12CCC2. The van der Waals surface area contributed by atoms with Gasteiger partial charge in [0.2, 0.25) is 5.91 Å². The summed E-state index contributed by atoms with van der Waals surface area (Å²) in [6, 6.07) is 8.54. The summed E-state index contributed by atoms with van der Waals surface area (Å²) in [7, 11) is 1.83. The zero-order valence-electron chi connectivity index (χ0n) is 15.8. The van der Waals surface area contributed by atoms with Gasteiger partial charge in [0, 0.05) is 55.6 Å². The zero-order chi connectivity index (χ0) is 18.4. The summed E-state index contributed by atoms with van der Waals surface area (Å²) < 4.78 is 6.02. The molecular formula is C21H28N4O2. The van der Waals surface area contributed by atoms with Gasteiger partial charge in [0.15, 0.2) is 5.96 Å². The van der Waals surface area contributed by atoms with E-state index < -0.39 is 0 Å². The summed E-state index contributed by atoms with van der Waals surface area (Å²) in [5, 5.41) is 10.2. The van der Waals surface area contributed by atoms with Gasteiger partial charge in [0.25, 0.3) is 0 Å². The Bertz CT molecular complexity index is 773. The topological polar surface area (TPSA) is 74.8 Å². The van der Waals surface area contributed by atoms with E-state index in [1.165, 1.54) is 24.8 Å². The second-order valence-electron chi connectivity index (χ2n) is 8.44. The number of rotatable bonds is 3. The molecule has 4 unspecified atom stereocenters. The fourth-order valence-electron chi connectivity index (χ4n) is 5.70. The molecule has 1 spiro atoms. The van der Waals surface area contributed by atoms with Crippen LogP contribution in [0.4, 0.5) is 5.69 Å². The number of para-hydroxylation sites is 1. The van der Waals surface area contributed by atoms with Crippen molar-refractivity contribution < 1.29 is 9.53 Å². The van der Waals surface area contributed by atoms with Gasteiger partial charge in [-0.25, -0.2) is 0 Å². The van der Waals surface area contributed by atoms with Crippen molar-refractivity contribution in [1.82, 2.24) is 10.6 Å². The lowest BCUT2D eigenvalue weighted by molar-refractivity contribution is -0.171. The van der Waals surface area contributed by atoms with Crippen molar-refractivity contribution in [2.24, 2.45) is 16.3 Å². The molecule has 1 aromatic carbocycles. The zero-order valence-corrected chi connectivity index (χ0v) is 15.8. The van der Waals surface area contributed by atoms with Gasteiger partial charge in [-0.05, 0) is 30.9 Å². The Balaban J connectivity index is 1.25. The van der Waals surface area contributed by atoms with Crippen molar-refractivity contribution in [3.63, 3.8) is 0 Å². The molecule has 4 aliphatic rings. The van der Waals surface area contributed by atoms with Crippen LogP contribution in [0.5, 0.6) is 0 Å². The van der Waals surface area contributed by atoms with E-state index >= 15 is 0 Å². The number of nitrogens with one attached hydrogen (secondary N) is 3. The number of carbonyl (C=O) groups excluding carboxylic acids is 1. The van der Waals surface area contributed by atoms with Crippen LogP contribution in [0.25, 0.3) is 0 Å². The number of nitrogens with zero attached hydrogens (tertiary/aromatic N) is 1. The standard InChI is InChI=1S/C21H28N4O2/c1-22-20(25-18-15-7-10-27-19(15)21(18)8-4-9-21)23-12-13-11-17(26)24-16-6-3-2-5-14(13)16/h2-3,5-6,13,15,18-19H,4,7-12H2,1H3,(H,24,26)(H2,22,23,25). The first kappa shape index (κ1) is 17.0. The Labute approximate surface area is 160 Å². The minimum Gasteiger partial charge on any atom is -0.377 e. The number of hydrogen-bond donors (Lipinski definition) is 3. The van der Waals surface area contributed by atoms with Gasteiger partial charge in [-0.3, -0.25) is 9.79 Å². The van der Waals surface area contributed by atoms with Crippen molar-refractivity contribution in [3.8, 4) is 0 Å². The number of benzene rings is 1. The Kier molecular flexibility index (Phi) is 4.11. The second kappa shape index (κ2) is 6.51. The number of anilines is 1. The van der Waals surface area contributed by atoms with Crippen molar-refractivity contribution in [3.05, 3.63) is 29.8 Å². The number of ether oxygens (including phenoxy) is 1. The van der Waals surface area contributed by atoms with Crippen LogP contribution in [0.2, 0.25) is 0 Å². The third-order valence-electron chi connectivity index (χ3n) is 7.17. The molecule has 2 heterocycles. The number of guanidine groups is 1. The Morgan fingerprint density at radius 3 is 3.00 bits per heavy atom. The molecule has 0 aromatic heterocycles. The minimum atomic E-state index is 0.0850. The van der Waals surface area contributed by atoms with E-state index in [1.54, 1.807) is 0 Å². The van der Waals surface area contributed by atoms with Crippen LogP contribution in [0.15, 0.2) is 29.3 Å². The lowest BCUT2D eigenvalue weighted by Gasteiger charge is -2.63. The molecule has 6 nitrogen and oxygen atoms in total. The smallest absolute Gasteiger partial charge is 0.225 e. The molecule has 3 fully saturated rings. The molecule has 5 rings (SSSR count). The van der Waals surface area contributed by atoms with E-state index in [9.17, 15) is 4.79 Å². The maximum atomic E-state index is 12.0. The van der Waals surface area contributed by atoms with Gasteiger partial charge in [0.05, 0.1) is 6.10 Å². The van der Waals surface area contributed by atoms with Crippen molar-refractivity contribution in [2.45, 2.75) is 50.2 Å². The lowest BCUT2D eigenvalue weighted by atomic mass is 9.46. The number of carbonyl (C=O) groups is 1. The highest BCUT2D eigenvalue weighted by Gasteiger charge is 2.66. The van der Waals surface area contributed by atoms with Crippen molar-refractivity contribution in [2.75, 3.05) is 25.5 Å². The predicted molar refractivity (Wildman–Crippen MR) is 105 cm³/mol. The predicted octanol–water partition coefficient (Wildman–Crippen LogP) is 2.23. The Hall–Kier alpha value is -2.08. The first-order valence-electron chi connectivity index (χ1n) is 10.2. The Morgan fingerprint density at radius 1 is 1.37 bits per heavy atom. The van der Waals surface area contributed by atoms with E-state index in [1.807, 2.05) is 25.2 Å².